The van der Waals surface area contributed by atoms with E-state index in [0.29, 0.717) is 6.42 Å². The van der Waals surface area contributed by atoms with Crippen molar-refractivity contribution < 1.29 is 29.1 Å². The fourth-order valence-electron chi connectivity index (χ4n) is 3.04. The van der Waals surface area contributed by atoms with Gasteiger partial charge in [0, 0.05) is 12.8 Å². The Morgan fingerprint density at radius 1 is 1.00 bits per heavy atom. The van der Waals surface area contributed by atoms with Crippen LogP contribution >= 0.6 is 0 Å². The molecule has 6 N–H and O–H groups in total. The van der Waals surface area contributed by atoms with Crippen molar-refractivity contribution in [2.75, 3.05) is 0 Å². The number of nitrogens with one attached hydrogen (secondary N) is 3. The number of aliphatic carboxylic acids is 1. The molecule has 10 nitrogen and oxygen atoms in total. The maximum absolute atomic E-state index is 13.1. The first-order valence-electron chi connectivity index (χ1n) is 10.9. The van der Waals surface area contributed by atoms with Crippen LogP contribution < -0.4 is 21.7 Å². The number of carbonyl (C=O) groups excluding carboxylic acids is 4. The van der Waals surface area contributed by atoms with E-state index in [0.717, 1.165) is 5.56 Å². The number of hydrogen-bond acceptors (Lipinski definition) is 6. The molecule has 0 fully saturated rings. The van der Waals surface area contributed by atoms with Gasteiger partial charge in [-0.25, -0.2) is 0 Å². The first-order chi connectivity index (χ1) is 15.6. The summed E-state index contributed by atoms with van der Waals surface area (Å²) in [5, 5.41) is 16.5. The topological polar surface area (TPSA) is 168 Å². The summed E-state index contributed by atoms with van der Waals surface area (Å²) in [5.74, 6) is -3.13. The molecule has 0 saturated carbocycles. The second-order valence-electron chi connectivity index (χ2n) is 8.01. The van der Waals surface area contributed by atoms with E-state index in [4.69, 9.17) is 10.8 Å². The molecule has 0 aliphatic heterocycles. The van der Waals surface area contributed by atoms with E-state index in [1.165, 1.54) is 6.92 Å². The third-order valence-corrected chi connectivity index (χ3v) is 5.25. The minimum atomic E-state index is -1.11. The molecule has 0 spiro atoms. The number of carboxylic acid groups (broad SMARTS) is 1. The molecule has 0 saturated heterocycles. The Morgan fingerprint density at radius 3 is 2.18 bits per heavy atom. The Bertz CT molecular complexity index is 816. The minimum Gasteiger partial charge on any atom is -0.481 e. The second kappa shape index (κ2) is 14.0. The lowest BCUT2D eigenvalue weighted by Gasteiger charge is -2.27. The molecule has 0 heterocycles. The predicted molar refractivity (Wildman–Crippen MR) is 122 cm³/mol. The molecule has 0 aliphatic rings. The molecule has 1 rings (SSSR count). The van der Waals surface area contributed by atoms with Gasteiger partial charge in [0.2, 0.25) is 24.0 Å². The van der Waals surface area contributed by atoms with Crippen LogP contribution in [-0.2, 0) is 30.4 Å². The van der Waals surface area contributed by atoms with Crippen LogP contribution in [-0.4, -0.2) is 59.3 Å². The first kappa shape index (κ1) is 27.8. The highest BCUT2D eigenvalue weighted by molar-refractivity contribution is 5.94. The van der Waals surface area contributed by atoms with E-state index >= 15 is 0 Å². The van der Waals surface area contributed by atoms with E-state index in [-0.39, 0.29) is 25.2 Å². The molecular weight excluding hydrogens is 428 g/mol. The number of benzene rings is 1. The molecule has 1 aromatic carbocycles. The van der Waals surface area contributed by atoms with Crippen LogP contribution in [0.1, 0.15) is 45.6 Å². The molecule has 1 radical (unpaired) electrons. The normalized spacial score (nSPS) is 15.3. The van der Waals surface area contributed by atoms with Crippen molar-refractivity contribution in [1.29, 1.82) is 0 Å². The van der Waals surface area contributed by atoms with Gasteiger partial charge in [0.05, 0.1) is 12.1 Å². The van der Waals surface area contributed by atoms with Crippen molar-refractivity contribution in [2.45, 2.75) is 70.6 Å². The smallest absolute Gasteiger partial charge is 0.303 e. The molecular formula is C23H33N4O6. The molecule has 0 aliphatic carbocycles. The molecule has 3 amide bonds. The van der Waals surface area contributed by atoms with Gasteiger partial charge in [-0.3, -0.25) is 24.0 Å². The van der Waals surface area contributed by atoms with Crippen LogP contribution in [0.5, 0.6) is 0 Å². The Balaban J connectivity index is 3.04. The summed E-state index contributed by atoms with van der Waals surface area (Å²) in [6, 6.07) is 5.04. The summed E-state index contributed by atoms with van der Waals surface area (Å²) < 4.78 is 0. The fraction of sp³-hybridized carbons (Fsp3) is 0.522. The Labute approximate surface area is 193 Å². The quantitative estimate of drug-likeness (QED) is 0.261. The summed E-state index contributed by atoms with van der Waals surface area (Å²) in [6.45, 7) is 5.11. The SMILES string of the molecule is CC[C@H](C)[C@H](NC(=O)[C@H](Cc1ccccc1)NC(=O)[C@@H](N)CCC(=O)O)C(=O)N[C@@H](C)[C]=O. The van der Waals surface area contributed by atoms with E-state index in [1.807, 2.05) is 13.0 Å². The highest BCUT2D eigenvalue weighted by Gasteiger charge is 2.31. The largest absolute Gasteiger partial charge is 0.481 e. The third-order valence-electron chi connectivity index (χ3n) is 5.25. The lowest BCUT2D eigenvalue weighted by atomic mass is 9.96. The zero-order valence-corrected chi connectivity index (χ0v) is 19.2. The summed E-state index contributed by atoms with van der Waals surface area (Å²) in [4.78, 5) is 59.9. The van der Waals surface area contributed by atoms with Gasteiger partial charge in [-0.2, -0.15) is 0 Å². The van der Waals surface area contributed by atoms with Crippen LogP contribution in [0.15, 0.2) is 30.3 Å². The van der Waals surface area contributed by atoms with Gasteiger partial charge in [0.25, 0.3) is 0 Å². The monoisotopic (exact) mass is 461 g/mol. The minimum absolute atomic E-state index is 0.0845. The molecule has 0 bridgehead atoms. The van der Waals surface area contributed by atoms with Crippen LogP contribution in [0.25, 0.3) is 0 Å². The van der Waals surface area contributed by atoms with Crippen molar-refractivity contribution in [3.8, 4) is 0 Å². The second-order valence-corrected chi connectivity index (χ2v) is 8.01. The number of carboxylic acids is 1. The Kier molecular flexibility index (Phi) is 11.8. The maximum Gasteiger partial charge on any atom is 0.303 e. The van der Waals surface area contributed by atoms with Crippen LogP contribution in [0.3, 0.4) is 0 Å². The maximum atomic E-state index is 13.1. The van der Waals surface area contributed by atoms with Gasteiger partial charge in [0.15, 0.2) is 0 Å². The van der Waals surface area contributed by atoms with E-state index < -0.39 is 47.9 Å². The highest BCUT2D eigenvalue weighted by atomic mass is 16.4. The number of rotatable bonds is 14. The summed E-state index contributed by atoms with van der Waals surface area (Å²) in [7, 11) is 0. The molecule has 33 heavy (non-hydrogen) atoms. The van der Waals surface area contributed by atoms with Gasteiger partial charge < -0.3 is 26.8 Å². The summed E-state index contributed by atoms with van der Waals surface area (Å²) in [5.41, 5.74) is 6.56. The van der Waals surface area contributed by atoms with Crippen LogP contribution in [0, 0.1) is 5.92 Å². The molecule has 1 aromatic rings. The van der Waals surface area contributed by atoms with Crippen LogP contribution in [0.4, 0.5) is 0 Å². The number of carbonyl (C=O) groups is 4. The molecule has 181 valence electrons. The Morgan fingerprint density at radius 2 is 1.64 bits per heavy atom. The van der Waals surface area contributed by atoms with Crippen molar-refractivity contribution in [3.05, 3.63) is 35.9 Å². The lowest BCUT2D eigenvalue weighted by molar-refractivity contribution is -0.137. The number of hydrogen-bond donors (Lipinski definition) is 5. The van der Waals surface area contributed by atoms with E-state index in [2.05, 4.69) is 16.0 Å². The average Bonchev–Trinajstić information content (AvgIpc) is 2.80. The van der Waals surface area contributed by atoms with Crippen molar-refractivity contribution >= 4 is 30.0 Å². The number of amides is 3. The molecule has 0 unspecified atom stereocenters. The molecule has 10 heteroatoms. The number of nitrogens with two attached hydrogens (primary N) is 1. The lowest BCUT2D eigenvalue weighted by Crippen LogP contribution is -2.58. The highest BCUT2D eigenvalue weighted by Crippen LogP contribution is 2.10. The fourth-order valence-corrected chi connectivity index (χ4v) is 3.04. The molecule has 0 aromatic heterocycles. The molecule has 5 atom stereocenters. The van der Waals surface area contributed by atoms with Crippen molar-refractivity contribution in [3.63, 3.8) is 0 Å². The average molecular weight is 462 g/mol. The van der Waals surface area contributed by atoms with Gasteiger partial charge in [0.1, 0.15) is 12.1 Å². The van der Waals surface area contributed by atoms with E-state index in [1.54, 1.807) is 37.5 Å². The standard InChI is InChI=1S/C23H33N4O6/c1-4-14(2)20(23(33)25-15(3)13-28)27-22(32)18(12-16-8-6-5-7-9-16)26-21(31)17(24)10-11-19(29)30/h5-9,14-15,17-18,20H,4,10-12,24H2,1-3H3,(H,25,33)(H,26,31)(H,27,32)(H,29,30)/t14-,15-,17-,18-,20-/m0/s1. The van der Waals surface area contributed by atoms with Gasteiger partial charge in [-0.05, 0) is 24.8 Å². The summed E-state index contributed by atoms with van der Waals surface area (Å²) >= 11 is 0. The van der Waals surface area contributed by atoms with Crippen molar-refractivity contribution in [1.82, 2.24) is 16.0 Å². The Hall–Kier alpha value is -3.27. The van der Waals surface area contributed by atoms with Gasteiger partial charge in [-0.15, -0.1) is 0 Å². The zero-order chi connectivity index (χ0) is 25.0. The first-order valence-corrected chi connectivity index (χ1v) is 10.9. The van der Waals surface area contributed by atoms with Gasteiger partial charge in [-0.1, -0.05) is 50.6 Å². The zero-order valence-electron chi connectivity index (χ0n) is 19.2. The third kappa shape index (κ3) is 9.82. The summed E-state index contributed by atoms with van der Waals surface area (Å²) in [6.07, 6.45) is 2.01. The van der Waals surface area contributed by atoms with Crippen molar-refractivity contribution in [2.24, 2.45) is 11.7 Å². The predicted octanol–water partition coefficient (Wildman–Crippen LogP) is 0.0513. The van der Waals surface area contributed by atoms with Gasteiger partial charge >= 0.3 is 5.97 Å². The van der Waals surface area contributed by atoms with E-state index in [9.17, 15) is 24.0 Å². The van der Waals surface area contributed by atoms with Crippen LogP contribution in [0.2, 0.25) is 0 Å².